The van der Waals surface area contributed by atoms with E-state index in [0.29, 0.717) is 48.9 Å². The van der Waals surface area contributed by atoms with Crippen molar-refractivity contribution in [1.29, 1.82) is 0 Å². The van der Waals surface area contributed by atoms with E-state index in [1.165, 1.54) is 29.2 Å². The Bertz CT molecular complexity index is 1580. The number of hydrogen-bond acceptors (Lipinski definition) is 7. The van der Waals surface area contributed by atoms with Crippen molar-refractivity contribution in [3.05, 3.63) is 59.8 Å². The maximum atomic E-state index is 13.7. The van der Waals surface area contributed by atoms with Gasteiger partial charge in [0.2, 0.25) is 0 Å². The summed E-state index contributed by atoms with van der Waals surface area (Å²) in [6, 6.07) is 5.25. The molecular formula is C28H31F3N8O2. The quantitative estimate of drug-likeness (QED) is 0.184. The molecule has 0 saturated carbocycles. The minimum Gasteiger partial charge on any atom is -0.378 e. The zero-order chi connectivity index (χ0) is 29.8. The summed E-state index contributed by atoms with van der Waals surface area (Å²) in [5.41, 5.74) is 6.67. The summed E-state index contributed by atoms with van der Waals surface area (Å²) in [5.74, 6) is 2.38. The smallest absolute Gasteiger partial charge is 0.378 e. The summed E-state index contributed by atoms with van der Waals surface area (Å²) >= 11 is 0. The largest absolute Gasteiger partial charge is 0.435 e. The number of terminal acetylenes is 1. The van der Waals surface area contributed by atoms with E-state index in [-0.39, 0.29) is 23.7 Å². The van der Waals surface area contributed by atoms with Crippen molar-refractivity contribution in [1.82, 2.24) is 29.5 Å². The van der Waals surface area contributed by atoms with Crippen LogP contribution >= 0.6 is 0 Å². The van der Waals surface area contributed by atoms with E-state index in [2.05, 4.69) is 31.6 Å². The number of fused-ring (bicyclic) bond motifs is 1. The number of carbonyl (C=O) groups is 1. The van der Waals surface area contributed by atoms with Gasteiger partial charge in [-0.1, -0.05) is 12.8 Å². The van der Waals surface area contributed by atoms with Gasteiger partial charge >= 0.3 is 6.18 Å². The topological polar surface area (TPSA) is 124 Å². The van der Waals surface area contributed by atoms with Gasteiger partial charge < -0.3 is 21.1 Å². The van der Waals surface area contributed by atoms with Crippen molar-refractivity contribution in [2.45, 2.75) is 45.5 Å². The zero-order valence-corrected chi connectivity index (χ0v) is 22.9. The van der Waals surface area contributed by atoms with Crippen molar-refractivity contribution >= 4 is 23.1 Å². The van der Waals surface area contributed by atoms with Crippen LogP contribution in [0.1, 0.15) is 42.4 Å². The Morgan fingerprint density at radius 3 is 2.71 bits per heavy atom. The van der Waals surface area contributed by atoms with Gasteiger partial charge in [0.15, 0.2) is 17.2 Å². The van der Waals surface area contributed by atoms with Gasteiger partial charge in [0.25, 0.3) is 5.91 Å². The molecule has 41 heavy (non-hydrogen) atoms. The van der Waals surface area contributed by atoms with Crippen LogP contribution in [0.15, 0.2) is 43.0 Å². The van der Waals surface area contributed by atoms with Crippen LogP contribution in [0.4, 0.5) is 24.7 Å². The molecule has 3 heterocycles. The number of rotatable bonds is 11. The van der Waals surface area contributed by atoms with E-state index in [9.17, 15) is 18.0 Å². The molecule has 3 aromatic heterocycles. The molecule has 0 aliphatic carbocycles. The highest BCUT2D eigenvalue weighted by Gasteiger charge is 2.38. The number of ether oxygens (including phenoxy) is 1. The molecule has 1 aromatic carbocycles. The molecule has 13 heteroatoms. The summed E-state index contributed by atoms with van der Waals surface area (Å²) < 4.78 is 49.3. The molecule has 0 aliphatic heterocycles. The first-order valence-corrected chi connectivity index (χ1v) is 12.9. The summed E-state index contributed by atoms with van der Waals surface area (Å²) in [6.45, 7) is 6.59. The lowest BCUT2D eigenvalue weighted by Gasteiger charge is -2.18. The first-order valence-electron chi connectivity index (χ1n) is 12.9. The monoisotopic (exact) mass is 568 g/mol. The van der Waals surface area contributed by atoms with E-state index in [0.717, 1.165) is 10.2 Å². The Morgan fingerprint density at radius 1 is 1.24 bits per heavy atom. The second-order valence-corrected chi connectivity index (χ2v) is 10.1. The maximum Gasteiger partial charge on any atom is 0.435 e. The van der Waals surface area contributed by atoms with Crippen molar-refractivity contribution < 1.29 is 22.7 Å². The van der Waals surface area contributed by atoms with Crippen LogP contribution in [0.2, 0.25) is 0 Å². The average Bonchev–Trinajstić information content (AvgIpc) is 3.53. The number of anilines is 2. The number of nitrogens with one attached hydrogen (secondary N) is 2. The van der Waals surface area contributed by atoms with Crippen LogP contribution in [-0.2, 0) is 23.9 Å². The van der Waals surface area contributed by atoms with Crippen LogP contribution in [-0.4, -0.2) is 55.4 Å². The Labute approximate surface area is 235 Å². The first-order chi connectivity index (χ1) is 19.4. The molecule has 0 saturated heterocycles. The lowest BCUT2D eigenvalue weighted by Crippen LogP contribution is -2.38. The number of aryl methyl sites for hydroxylation is 1. The van der Waals surface area contributed by atoms with Crippen molar-refractivity contribution in [3.8, 4) is 23.6 Å². The zero-order valence-electron chi connectivity index (χ0n) is 22.9. The molecule has 4 rings (SSSR count). The normalized spacial score (nSPS) is 12.0. The third-order valence-electron chi connectivity index (χ3n) is 5.99. The fourth-order valence-electron chi connectivity index (χ4n) is 4.19. The fourth-order valence-corrected chi connectivity index (χ4v) is 4.19. The molecule has 1 amide bonds. The summed E-state index contributed by atoms with van der Waals surface area (Å²) in [6.07, 6.45) is 6.72. The number of alkyl halides is 3. The number of nitrogens with zero attached hydrogens (tertiary/aromatic N) is 5. The van der Waals surface area contributed by atoms with E-state index in [1.54, 1.807) is 12.1 Å². The number of hydrogen-bond donors (Lipinski definition) is 3. The predicted molar refractivity (Wildman–Crippen MR) is 149 cm³/mol. The third kappa shape index (κ3) is 7.03. The van der Waals surface area contributed by atoms with E-state index < -0.39 is 17.4 Å². The van der Waals surface area contributed by atoms with Gasteiger partial charge in [-0.05, 0) is 44.0 Å². The van der Waals surface area contributed by atoms with Gasteiger partial charge in [-0.15, -0.1) is 6.42 Å². The van der Waals surface area contributed by atoms with E-state index in [1.807, 2.05) is 26.8 Å². The SMILES string of the molecule is C#CCn1cc(-c2cnc3c(Nc4ccc(C(=O)NCCOCC(C)(C)N)c(CC)c4)nccn23)c(C(F)(F)F)n1. The number of benzene rings is 1. The second kappa shape index (κ2) is 12.0. The maximum absolute atomic E-state index is 13.7. The summed E-state index contributed by atoms with van der Waals surface area (Å²) in [5, 5.41) is 9.65. The molecule has 0 aliphatic rings. The van der Waals surface area contributed by atoms with Crippen LogP contribution in [0.5, 0.6) is 0 Å². The first kappa shape index (κ1) is 29.6. The Hall–Kier alpha value is -4.41. The van der Waals surface area contributed by atoms with Gasteiger partial charge in [0.05, 0.1) is 30.7 Å². The molecule has 0 fully saturated rings. The average molecular weight is 569 g/mol. The highest BCUT2D eigenvalue weighted by atomic mass is 19.4. The van der Waals surface area contributed by atoms with Gasteiger partial charge in [0, 0.05) is 41.9 Å². The number of imidazole rings is 1. The van der Waals surface area contributed by atoms with Crippen LogP contribution in [0.3, 0.4) is 0 Å². The molecule has 4 aromatic rings. The standard InChI is InChI=1S/C28H31F3N8O2/c1-5-11-38-16-21(23(37-38)28(29,30)31)22-15-35-25-24(33-9-12-39(22)25)36-19-7-8-20(18(6-2)14-19)26(40)34-10-13-41-17-27(3,4)32/h1,7-9,12,14-16H,6,10-11,13,17,32H2,2-4H3,(H,33,36)(H,34,40). The Balaban J connectivity index is 1.55. The van der Waals surface area contributed by atoms with Crippen LogP contribution in [0, 0.1) is 12.3 Å². The minimum atomic E-state index is -4.69. The highest BCUT2D eigenvalue weighted by Crippen LogP contribution is 2.37. The van der Waals surface area contributed by atoms with Gasteiger partial charge in [-0.2, -0.15) is 18.3 Å². The van der Waals surface area contributed by atoms with E-state index in [4.69, 9.17) is 16.9 Å². The number of halogens is 3. The van der Waals surface area contributed by atoms with Gasteiger partial charge in [-0.3, -0.25) is 13.9 Å². The minimum absolute atomic E-state index is 0.109. The van der Waals surface area contributed by atoms with E-state index >= 15 is 0 Å². The summed E-state index contributed by atoms with van der Waals surface area (Å²) in [4.78, 5) is 21.4. The molecule has 0 unspecified atom stereocenters. The fraction of sp³-hybridized carbons (Fsp3) is 0.357. The molecule has 0 atom stereocenters. The lowest BCUT2D eigenvalue weighted by molar-refractivity contribution is -0.141. The number of nitrogens with two attached hydrogens (primary N) is 1. The summed E-state index contributed by atoms with van der Waals surface area (Å²) in [7, 11) is 0. The molecular weight excluding hydrogens is 537 g/mol. The highest BCUT2D eigenvalue weighted by molar-refractivity contribution is 5.96. The molecule has 0 bridgehead atoms. The second-order valence-electron chi connectivity index (χ2n) is 10.1. The lowest BCUT2D eigenvalue weighted by atomic mass is 10.0. The molecule has 0 radical (unpaired) electrons. The molecule has 0 spiro atoms. The van der Waals surface area contributed by atoms with Gasteiger partial charge in [0.1, 0.15) is 6.54 Å². The molecule has 216 valence electrons. The Morgan fingerprint density at radius 2 is 2.02 bits per heavy atom. The molecule has 4 N–H and O–H groups in total. The third-order valence-corrected chi connectivity index (χ3v) is 5.99. The predicted octanol–water partition coefficient (Wildman–Crippen LogP) is 4.03. The van der Waals surface area contributed by atoms with Gasteiger partial charge in [-0.25, -0.2) is 9.97 Å². The van der Waals surface area contributed by atoms with Crippen molar-refractivity contribution in [2.24, 2.45) is 5.73 Å². The molecule has 10 nitrogen and oxygen atoms in total. The Kier molecular flexibility index (Phi) is 8.65. The number of carbonyl (C=O) groups excluding carboxylic acids is 1. The van der Waals surface area contributed by atoms with Crippen molar-refractivity contribution in [3.63, 3.8) is 0 Å². The van der Waals surface area contributed by atoms with Crippen LogP contribution in [0.25, 0.3) is 16.9 Å². The van der Waals surface area contributed by atoms with Crippen molar-refractivity contribution in [2.75, 3.05) is 25.1 Å². The number of aromatic nitrogens is 5. The number of amides is 1. The van der Waals surface area contributed by atoms with Crippen LogP contribution < -0.4 is 16.4 Å².